The number of nitrogens with one attached hydrogen (secondary N) is 1. The van der Waals surface area contributed by atoms with E-state index in [1.165, 1.54) is 49.4 Å². The van der Waals surface area contributed by atoms with Gasteiger partial charge < -0.3 is 15.0 Å². The highest BCUT2D eigenvalue weighted by Gasteiger charge is 2.33. The molecule has 1 N–H and O–H groups in total. The summed E-state index contributed by atoms with van der Waals surface area (Å²) in [6.45, 7) is 1.24. The van der Waals surface area contributed by atoms with Gasteiger partial charge in [0.25, 0.3) is 10.0 Å². The Hall–Kier alpha value is -3.27. The molecule has 202 valence electrons. The molecule has 0 aromatic heterocycles. The maximum Gasteiger partial charge on any atom is 0.264 e. The lowest BCUT2D eigenvalue weighted by Crippen LogP contribution is -2.51. The van der Waals surface area contributed by atoms with Crippen molar-refractivity contribution in [1.29, 1.82) is 0 Å². The zero-order chi connectivity index (χ0) is 27.9. The molecule has 8 nitrogen and oxygen atoms in total. The Kier molecular flexibility index (Phi) is 10.0. The quantitative estimate of drug-likeness (QED) is 0.354. The summed E-state index contributed by atoms with van der Waals surface area (Å²) in [6.07, 6.45) is 0.309. The van der Waals surface area contributed by atoms with Crippen LogP contribution in [0.3, 0.4) is 0 Å². The van der Waals surface area contributed by atoms with Crippen molar-refractivity contribution in [1.82, 2.24) is 10.2 Å². The van der Waals surface area contributed by atoms with Crippen molar-refractivity contribution in [2.45, 2.75) is 30.8 Å². The Bertz CT molecular complexity index is 1370. The van der Waals surface area contributed by atoms with E-state index in [9.17, 15) is 18.0 Å². The Balaban J connectivity index is 2.08. The largest absolute Gasteiger partial charge is 0.497 e. The van der Waals surface area contributed by atoms with Crippen LogP contribution >= 0.6 is 23.2 Å². The number of halogens is 2. The molecule has 0 saturated heterocycles. The van der Waals surface area contributed by atoms with E-state index in [1.807, 2.05) is 0 Å². The molecule has 0 saturated carbocycles. The zero-order valence-corrected chi connectivity index (χ0v) is 23.6. The molecule has 1 unspecified atom stereocenters. The van der Waals surface area contributed by atoms with Gasteiger partial charge in [0.05, 0.1) is 17.7 Å². The number of sulfonamides is 1. The second kappa shape index (κ2) is 13.0. The van der Waals surface area contributed by atoms with E-state index in [0.717, 1.165) is 4.31 Å². The number of benzene rings is 3. The zero-order valence-electron chi connectivity index (χ0n) is 21.2. The van der Waals surface area contributed by atoms with E-state index in [0.29, 0.717) is 17.7 Å². The highest BCUT2D eigenvalue weighted by Crippen LogP contribution is 2.30. The number of hydrogen-bond donors (Lipinski definition) is 1. The molecule has 3 aromatic rings. The number of ether oxygens (including phenoxy) is 1. The van der Waals surface area contributed by atoms with Gasteiger partial charge in [0.1, 0.15) is 18.3 Å². The van der Waals surface area contributed by atoms with Gasteiger partial charge in [-0.05, 0) is 54.4 Å². The maximum absolute atomic E-state index is 13.9. The van der Waals surface area contributed by atoms with Gasteiger partial charge >= 0.3 is 0 Å². The van der Waals surface area contributed by atoms with Crippen molar-refractivity contribution in [2.75, 3.05) is 25.0 Å². The van der Waals surface area contributed by atoms with Crippen LogP contribution in [-0.4, -0.2) is 51.9 Å². The second-order valence-electron chi connectivity index (χ2n) is 8.36. The SMILES string of the molecule is CCC(C(=O)NC)N(Cc1cccc(OC)c1)C(=O)CN(c1cc(Cl)cc(Cl)c1)S(=O)(=O)c1ccccc1. The van der Waals surface area contributed by atoms with E-state index in [-0.39, 0.29) is 33.1 Å². The van der Waals surface area contributed by atoms with Gasteiger partial charge in [-0.15, -0.1) is 0 Å². The molecular weight excluding hydrogens is 549 g/mol. The number of hydrogen-bond acceptors (Lipinski definition) is 5. The third-order valence-corrected chi connectivity index (χ3v) is 8.09. The Morgan fingerprint density at radius 1 is 0.974 bits per heavy atom. The van der Waals surface area contributed by atoms with Crippen LogP contribution in [0.25, 0.3) is 0 Å². The van der Waals surface area contributed by atoms with Crippen molar-refractivity contribution < 1.29 is 22.7 Å². The van der Waals surface area contributed by atoms with Crippen LogP contribution in [0.4, 0.5) is 5.69 Å². The second-order valence-corrected chi connectivity index (χ2v) is 11.1. The van der Waals surface area contributed by atoms with Gasteiger partial charge in [-0.3, -0.25) is 13.9 Å². The minimum Gasteiger partial charge on any atom is -0.497 e. The number of likely N-dealkylation sites (N-methyl/N-ethyl adjacent to an activating group) is 1. The van der Waals surface area contributed by atoms with Crippen LogP contribution in [0.15, 0.2) is 77.7 Å². The van der Waals surface area contributed by atoms with E-state index in [1.54, 1.807) is 49.4 Å². The van der Waals surface area contributed by atoms with E-state index in [4.69, 9.17) is 27.9 Å². The Morgan fingerprint density at radius 3 is 2.21 bits per heavy atom. The fourth-order valence-electron chi connectivity index (χ4n) is 3.99. The number of rotatable bonds is 11. The number of carbonyl (C=O) groups excluding carboxylic acids is 2. The van der Waals surface area contributed by atoms with Crippen molar-refractivity contribution in [2.24, 2.45) is 0 Å². The average Bonchev–Trinajstić information content (AvgIpc) is 2.91. The predicted octanol–water partition coefficient (Wildman–Crippen LogP) is 4.75. The summed E-state index contributed by atoms with van der Waals surface area (Å²) < 4.78 is 33.8. The molecule has 0 fully saturated rings. The van der Waals surface area contributed by atoms with Crippen LogP contribution in [0.5, 0.6) is 5.75 Å². The number of anilines is 1. The first-order chi connectivity index (χ1) is 18.1. The summed E-state index contributed by atoms with van der Waals surface area (Å²) in [4.78, 5) is 28.0. The van der Waals surface area contributed by atoms with Crippen LogP contribution in [0, 0.1) is 0 Å². The normalized spacial score (nSPS) is 11.9. The van der Waals surface area contributed by atoms with Crippen molar-refractivity contribution in [3.63, 3.8) is 0 Å². The monoisotopic (exact) mass is 577 g/mol. The third-order valence-electron chi connectivity index (χ3n) is 5.86. The third kappa shape index (κ3) is 6.98. The topological polar surface area (TPSA) is 96.0 Å². The molecule has 1 atom stereocenters. The standard InChI is InChI=1S/C27H29Cl2N3O5S/c1-4-25(27(34)30-2)31(17-19-9-8-10-23(13-19)37-3)26(33)18-32(22-15-20(28)14-21(29)16-22)38(35,36)24-11-6-5-7-12-24/h5-16,25H,4,17-18H2,1-3H3,(H,30,34). The smallest absolute Gasteiger partial charge is 0.264 e. The molecule has 11 heteroatoms. The molecule has 38 heavy (non-hydrogen) atoms. The number of amides is 2. The Labute approximate surface area is 233 Å². The van der Waals surface area contributed by atoms with Gasteiger partial charge in [0.15, 0.2) is 0 Å². The summed E-state index contributed by atoms with van der Waals surface area (Å²) >= 11 is 12.4. The summed E-state index contributed by atoms with van der Waals surface area (Å²) in [7, 11) is -1.19. The van der Waals surface area contributed by atoms with Gasteiger partial charge in [-0.2, -0.15) is 0 Å². The highest BCUT2D eigenvalue weighted by molar-refractivity contribution is 7.92. The lowest BCUT2D eigenvalue weighted by molar-refractivity contribution is -0.140. The van der Waals surface area contributed by atoms with Crippen molar-refractivity contribution in [3.8, 4) is 5.75 Å². The molecule has 0 aliphatic rings. The van der Waals surface area contributed by atoms with Gasteiger partial charge in [-0.25, -0.2) is 8.42 Å². The first-order valence-corrected chi connectivity index (χ1v) is 14.0. The van der Waals surface area contributed by atoms with Crippen LogP contribution in [0.1, 0.15) is 18.9 Å². The predicted molar refractivity (Wildman–Crippen MR) is 149 cm³/mol. The van der Waals surface area contributed by atoms with E-state index in [2.05, 4.69) is 5.32 Å². The van der Waals surface area contributed by atoms with Gasteiger partial charge in [0.2, 0.25) is 11.8 Å². The molecular formula is C27H29Cl2N3O5S. The number of carbonyl (C=O) groups is 2. The number of nitrogens with zero attached hydrogens (tertiary/aromatic N) is 2. The van der Waals surface area contributed by atoms with Crippen LogP contribution < -0.4 is 14.4 Å². The fourth-order valence-corrected chi connectivity index (χ4v) is 5.92. The molecule has 3 rings (SSSR count). The molecule has 3 aromatic carbocycles. The Morgan fingerprint density at radius 2 is 1.63 bits per heavy atom. The lowest BCUT2D eigenvalue weighted by Gasteiger charge is -2.33. The van der Waals surface area contributed by atoms with Crippen molar-refractivity contribution in [3.05, 3.63) is 88.4 Å². The molecule has 2 amide bonds. The summed E-state index contributed by atoms with van der Waals surface area (Å²) in [6, 6.07) is 18.3. The average molecular weight is 579 g/mol. The first kappa shape index (κ1) is 29.3. The fraction of sp³-hybridized carbons (Fsp3) is 0.259. The molecule has 0 aliphatic carbocycles. The molecule has 0 aliphatic heterocycles. The molecule has 0 radical (unpaired) electrons. The lowest BCUT2D eigenvalue weighted by atomic mass is 10.1. The molecule has 0 bridgehead atoms. The summed E-state index contributed by atoms with van der Waals surface area (Å²) in [5.74, 6) is -0.365. The van der Waals surface area contributed by atoms with Crippen LogP contribution in [0.2, 0.25) is 10.0 Å². The number of methoxy groups -OCH3 is 1. The molecule has 0 spiro atoms. The van der Waals surface area contributed by atoms with E-state index < -0.39 is 28.5 Å². The highest BCUT2D eigenvalue weighted by atomic mass is 35.5. The van der Waals surface area contributed by atoms with Gasteiger partial charge in [0, 0.05) is 23.6 Å². The summed E-state index contributed by atoms with van der Waals surface area (Å²) in [5.41, 5.74) is 0.831. The minimum atomic E-state index is -4.21. The van der Waals surface area contributed by atoms with E-state index >= 15 is 0 Å². The molecule has 0 heterocycles. The minimum absolute atomic E-state index is 0.0124. The summed E-state index contributed by atoms with van der Waals surface area (Å²) in [5, 5.41) is 3.00. The first-order valence-electron chi connectivity index (χ1n) is 11.8. The van der Waals surface area contributed by atoms with Gasteiger partial charge in [-0.1, -0.05) is 60.5 Å². The maximum atomic E-state index is 13.9. The van der Waals surface area contributed by atoms with Crippen molar-refractivity contribution >= 4 is 50.7 Å². The van der Waals surface area contributed by atoms with Crippen LogP contribution in [-0.2, 0) is 26.2 Å².